The van der Waals surface area contributed by atoms with Crippen molar-refractivity contribution in [2.45, 2.75) is 38.3 Å². The number of nitrogens with zero attached hydrogens (tertiary/aromatic N) is 4. The predicted molar refractivity (Wildman–Crippen MR) is 167 cm³/mol. The van der Waals surface area contributed by atoms with Gasteiger partial charge in [-0.05, 0) is 64.6 Å². The summed E-state index contributed by atoms with van der Waals surface area (Å²) in [4.78, 5) is 12.8. The quantitative estimate of drug-likeness (QED) is 0.125. The molecule has 0 radical (unpaired) electrons. The number of ether oxygens (including phenoxy) is 1. The molecule has 0 bridgehead atoms. The molecule has 0 unspecified atom stereocenters. The van der Waals surface area contributed by atoms with Gasteiger partial charge in [0.25, 0.3) is 5.91 Å². The number of amides is 1. The number of carbonyl (C=O) groups excluding carboxylic acids is 1. The minimum Gasteiger partial charge on any atom is -0.497 e. The van der Waals surface area contributed by atoms with Crippen LogP contribution in [-0.2, 0) is 10.2 Å². The molecule has 1 aromatic heterocycles. The van der Waals surface area contributed by atoms with Crippen molar-refractivity contribution in [2.75, 3.05) is 12.9 Å². The summed E-state index contributed by atoms with van der Waals surface area (Å²) in [6, 6.07) is 30.4. The van der Waals surface area contributed by atoms with E-state index in [1.165, 1.54) is 17.3 Å². The van der Waals surface area contributed by atoms with Crippen molar-refractivity contribution in [1.82, 2.24) is 20.2 Å². The first-order valence-electron chi connectivity index (χ1n) is 13.4. The topological polar surface area (TPSA) is 81.4 Å². The van der Waals surface area contributed by atoms with Crippen molar-refractivity contribution in [3.05, 3.63) is 102 Å². The van der Waals surface area contributed by atoms with Gasteiger partial charge in [-0.2, -0.15) is 5.10 Å². The van der Waals surface area contributed by atoms with Crippen LogP contribution in [0.5, 0.6) is 5.75 Å². The fourth-order valence-electron chi connectivity index (χ4n) is 4.42. The van der Waals surface area contributed by atoms with Gasteiger partial charge in [-0.1, -0.05) is 93.2 Å². The Bertz CT molecular complexity index is 1700. The third kappa shape index (κ3) is 6.49. The molecule has 1 heterocycles. The summed E-state index contributed by atoms with van der Waals surface area (Å²) in [5.41, 5.74) is 7.47. The number of aromatic nitrogens is 3. The van der Waals surface area contributed by atoms with Crippen LogP contribution in [0.1, 0.15) is 38.8 Å². The molecule has 0 aliphatic carbocycles. The number of carbonyl (C=O) groups is 1. The number of thioether (sulfide) groups is 1. The van der Waals surface area contributed by atoms with Crippen LogP contribution < -0.4 is 10.2 Å². The molecular formula is C33H33N5O2S. The van der Waals surface area contributed by atoms with Gasteiger partial charge in [0.15, 0.2) is 11.0 Å². The Morgan fingerprint density at radius 1 is 0.927 bits per heavy atom. The molecule has 5 rings (SSSR count). The Hall–Kier alpha value is -4.43. The number of hydrazone groups is 1. The third-order valence-electron chi connectivity index (χ3n) is 6.82. The Labute approximate surface area is 244 Å². The minimum absolute atomic E-state index is 0.0473. The normalized spacial score (nSPS) is 12.0. The zero-order valence-corrected chi connectivity index (χ0v) is 24.7. The number of rotatable bonds is 8. The van der Waals surface area contributed by atoms with E-state index in [0.29, 0.717) is 11.0 Å². The summed E-state index contributed by atoms with van der Waals surface area (Å²) in [6.07, 6.45) is 0. The zero-order valence-electron chi connectivity index (χ0n) is 23.9. The fourth-order valence-corrected chi connectivity index (χ4v) is 5.17. The van der Waals surface area contributed by atoms with Crippen LogP contribution in [0.3, 0.4) is 0 Å². The Morgan fingerprint density at radius 2 is 1.63 bits per heavy atom. The molecule has 7 nitrogen and oxygen atoms in total. The molecule has 4 aromatic carbocycles. The lowest BCUT2D eigenvalue weighted by Crippen LogP contribution is -2.21. The highest BCUT2D eigenvalue weighted by molar-refractivity contribution is 7.99. The van der Waals surface area contributed by atoms with Crippen molar-refractivity contribution in [3.8, 4) is 22.8 Å². The highest BCUT2D eigenvalue weighted by Crippen LogP contribution is 2.31. The summed E-state index contributed by atoms with van der Waals surface area (Å²) < 4.78 is 7.31. The first-order chi connectivity index (χ1) is 19.7. The molecule has 0 spiro atoms. The monoisotopic (exact) mass is 563 g/mol. The van der Waals surface area contributed by atoms with Gasteiger partial charge in [-0.25, -0.2) is 5.43 Å². The van der Waals surface area contributed by atoms with E-state index in [-0.39, 0.29) is 17.1 Å². The second kappa shape index (κ2) is 12.0. The number of nitrogens with one attached hydrogen (secondary N) is 1. The zero-order chi connectivity index (χ0) is 29.0. The maximum atomic E-state index is 12.8. The van der Waals surface area contributed by atoms with Crippen LogP contribution in [0.25, 0.3) is 27.8 Å². The lowest BCUT2D eigenvalue weighted by molar-refractivity contribution is -0.118. The summed E-state index contributed by atoms with van der Waals surface area (Å²) in [5.74, 6) is 1.36. The lowest BCUT2D eigenvalue weighted by Gasteiger charge is -2.19. The lowest BCUT2D eigenvalue weighted by atomic mass is 9.87. The maximum Gasteiger partial charge on any atom is 0.250 e. The standard InChI is InChI=1S/C33H33N5O2S/c1-22(25-11-10-23-8-6-7-9-26(23)20-25)34-35-30(39)21-41-32-37-36-31(24-12-14-27(15-13-24)33(2,3)4)38(32)28-16-18-29(40-5)19-17-28/h6-20H,21H2,1-5H3,(H,35,39)/b34-22-. The Morgan fingerprint density at radius 3 is 2.32 bits per heavy atom. The van der Waals surface area contributed by atoms with Crippen LogP contribution in [0, 0.1) is 0 Å². The molecule has 1 N–H and O–H groups in total. The predicted octanol–water partition coefficient (Wildman–Crippen LogP) is 7.03. The Kier molecular flexibility index (Phi) is 8.21. The van der Waals surface area contributed by atoms with E-state index >= 15 is 0 Å². The van der Waals surface area contributed by atoms with Crippen LogP contribution in [0.2, 0.25) is 0 Å². The van der Waals surface area contributed by atoms with E-state index < -0.39 is 0 Å². The van der Waals surface area contributed by atoms with Crippen molar-refractivity contribution in [3.63, 3.8) is 0 Å². The van der Waals surface area contributed by atoms with Gasteiger partial charge in [0.05, 0.1) is 18.6 Å². The highest BCUT2D eigenvalue weighted by Gasteiger charge is 2.19. The highest BCUT2D eigenvalue weighted by atomic mass is 32.2. The summed E-state index contributed by atoms with van der Waals surface area (Å²) in [6.45, 7) is 8.45. The molecule has 0 saturated heterocycles. The van der Waals surface area contributed by atoms with E-state index in [0.717, 1.165) is 39.0 Å². The molecule has 0 atom stereocenters. The number of hydrogen-bond acceptors (Lipinski definition) is 6. The molecule has 41 heavy (non-hydrogen) atoms. The van der Waals surface area contributed by atoms with Crippen LogP contribution in [0.15, 0.2) is 101 Å². The van der Waals surface area contributed by atoms with Crippen LogP contribution in [-0.4, -0.2) is 39.2 Å². The maximum absolute atomic E-state index is 12.8. The van der Waals surface area contributed by atoms with Gasteiger partial charge in [0.1, 0.15) is 5.75 Å². The minimum atomic E-state index is -0.226. The second-order valence-corrected chi connectivity index (χ2v) is 11.7. The SMILES string of the molecule is COc1ccc(-n2c(SCC(=O)N/N=C(/C)c3ccc4ccccc4c3)nnc2-c2ccc(C(C)(C)C)cc2)cc1. The average molecular weight is 564 g/mol. The van der Waals surface area contributed by atoms with E-state index in [1.54, 1.807) is 7.11 Å². The molecule has 208 valence electrons. The smallest absolute Gasteiger partial charge is 0.250 e. The van der Waals surface area contributed by atoms with Gasteiger partial charge in [-0.15, -0.1) is 10.2 Å². The van der Waals surface area contributed by atoms with E-state index in [4.69, 9.17) is 4.74 Å². The molecule has 8 heteroatoms. The number of fused-ring (bicyclic) bond motifs is 1. The van der Waals surface area contributed by atoms with Gasteiger partial charge >= 0.3 is 0 Å². The average Bonchev–Trinajstić information content (AvgIpc) is 3.42. The summed E-state index contributed by atoms with van der Waals surface area (Å²) in [7, 11) is 1.64. The van der Waals surface area contributed by atoms with Crippen LogP contribution in [0.4, 0.5) is 0 Å². The van der Waals surface area contributed by atoms with E-state index in [2.05, 4.69) is 90.0 Å². The first-order valence-corrected chi connectivity index (χ1v) is 14.4. The van der Waals surface area contributed by atoms with Gasteiger partial charge in [0.2, 0.25) is 0 Å². The van der Waals surface area contributed by atoms with E-state index in [9.17, 15) is 4.79 Å². The number of hydrogen-bond donors (Lipinski definition) is 1. The molecule has 0 aliphatic heterocycles. The van der Waals surface area contributed by atoms with Crippen LogP contribution >= 0.6 is 11.8 Å². The number of methoxy groups -OCH3 is 1. The second-order valence-electron chi connectivity index (χ2n) is 10.7. The third-order valence-corrected chi connectivity index (χ3v) is 7.75. The van der Waals surface area contributed by atoms with E-state index in [1.807, 2.05) is 54.0 Å². The van der Waals surface area contributed by atoms with Crippen molar-refractivity contribution in [1.29, 1.82) is 0 Å². The molecule has 1 amide bonds. The molecule has 0 fully saturated rings. The van der Waals surface area contributed by atoms with Crippen molar-refractivity contribution >= 4 is 34.2 Å². The largest absolute Gasteiger partial charge is 0.497 e. The molecule has 0 saturated carbocycles. The molecule has 0 aliphatic rings. The Balaban J connectivity index is 1.35. The van der Waals surface area contributed by atoms with Crippen molar-refractivity contribution in [2.24, 2.45) is 5.10 Å². The van der Waals surface area contributed by atoms with Gasteiger partial charge < -0.3 is 4.74 Å². The summed E-state index contributed by atoms with van der Waals surface area (Å²) >= 11 is 1.31. The fraction of sp³-hybridized carbons (Fsp3) is 0.212. The van der Waals surface area contributed by atoms with Gasteiger partial charge in [0, 0.05) is 11.3 Å². The van der Waals surface area contributed by atoms with Gasteiger partial charge in [-0.3, -0.25) is 9.36 Å². The molecule has 5 aromatic rings. The summed E-state index contributed by atoms with van der Waals surface area (Å²) in [5, 5.41) is 16.2. The first kappa shape index (κ1) is 28.1. The molecular weight excluding hydrogens is 530 g/mol. The number of benzene rings is 4. The van der Waals surface area contributed by atoms with Crippen molar-refractivity contribution < 1.29 is 9.53 Å².